The number of hydrogen-bond donors (Lipinski definition) is 2. The Kier molecular flexibility index (Phi) is 9.30. The number of hydrogen-bond acceptors (Lipinski definition) is 14. The van der Waals surface area contributed by atoms with Gasteiger partial charge in [-0.05, 0) is 41.5 Å². The van der Waals surface area contributed by atoms with Crippen LogP contribution in [0, 0.1) is 16.9 Å². The molecular weight excluding hydrogens is 544 g/mol. The number of imidazole rings is 1. The Morgan fingerprint density at radius 2 is 1.67 bits per heavy atom. The maximum atomic E-state index is 13.7. The summed E-state index contributed by atoms with van der Waals surface area (Å²) >= 11 is 0. The lowest BCUT2D eigenvalue weighted by Gasteiger charge is -2.23. The highest BCUT2D eigenvalue weighted by Gasteiger charge is 2.39. The summed E-state index contributed by atoms with van der Waals surface area (Å²) in [6.45, 7) is 7.59. The largest absolute Gasteiger partial charge is 0.480 e. The number of carbonyl (C=O) groups excluding carboxylic acids is 2. The zero-order valence-electron chi connectivity index (χ0n) is 22.5. The Morgan fingerprint density at radius 1 is 1.10 bits per heavy atom. The van der Waals surface area contributed by atoms with E-state index < -0.39 is 75.3 Å². The molecule has 0 spiro atoms. The standard InChI is InChI=1S/C22H33FN5O10P/c1-21(2,3)18(30)33-10-36-39(32,37-11-34-19(31)22(4,5)6)35-8-13-12(29)7-14(38-13)28-9-25-15-16(24)26-20(23)27-17(15)28/h9,12-14,29H,7-8,10-11H2,1-6H3,(H2,24,26,27)/t12-,13+,14+/m0/s1. The number of phosphoric acid groups is 1. The number of anilines is 1. The minimum Gasteiger partial charge on any atom is -0.437 e. The van der Waals surface area contributed by atoms with E-state index in [4.69, 9.17) is 33.5 Å². The Bertz CT molecular complexity index is 1210. The summed E-state index contributed by atoms with van der Waals surface area (Å²) in [5.41, 5.74) is 4.17. The van der Waals surface area contributed by atoms with Gasteiger partial charge in [-0.15, -0.1) is 0 Å². The monoisotopic (exact) mass is 577 g/mol. The first-order valence-electron chi connectivity index (χ1n) is 11.9. The van der Waals surface area contributed by atoms with Gasteiger partial charge in [0.25, 0.3) is 0 Å². The predicted octanol–water partition coefficient (Wildman–Crippen LogP) is 2.45. The Balaban J connectivity index is 1.66. The van der Waals surface area contributed by atoms with Crippen LogP contribution in [0.5, 0.6) is 0 Å². The van der Waals surface area contributed by atoms with Crippen molar-refractivity contribution in [2.45, 2.75) is 66.4 Å². The molecule has 2 aromatic rings. The summed E-state index contributed by atoms with van der Waals surface area (Å²) < 4.78 is 59.5. The maximum Gasteiger partial charge on any atom is 0.480 e. The molecule has 0 unspecified atom stereocenters. The van der Waals surface area contributed by atoms with Crippen molar-refractivity contribution in [3.8, 4) is 0 Å². The Morgan fingerprint density at radius 3 is 2.21 bits per heavy atom. The van der Waals surface area contributed by atoms with Crippen LogP contribution in [-0.2, 0) is 41.9 Å². The molecular formula is C22H33FN5O10P. The molecule has 1 aliphatic rings. The Labute approximate surface area is 223 Å². The molecule has 3 N–H and O–H groups in total. The number of rotatable bonds is 10. The molecule has 0 aromatic carbocycles. The quantitative estimate of drug-likeness (QED) is 0.181. The average molecular weight is 578 g/mol. The molecule has 0 aliphatic carbocycles. The molecule has 0 saturated carbocycles. The van der Waals surface area contributed by atoms with Crippen molar-refractivity contribution in [1.82, 2.24) is 19.5 Å². The van der Waals surface area contributed by atoms with Gasteiger partial charge in [0, 0.05) is 6.42 Å². The van der Waals surface area contributed by atoms with E-state index in [1.165, 1.54) is 10.9 Å². The van der Waals surface area contributed by atoms with Gasteiger partial charge >= 0.3 is 25.8 Å². The second-order valence-electron chi connectivity index (χ2n) is 10.7. The van der Waals surface area contributed by atoms with Crippen molar-refractivity contribution in [2.75, 3.05) is 25.9 Å². The zero-order valence-corrected chi connectivity index (χ0v) is 23.3. The summed E-state index contributed by atoms with van der Waals surface area (Å²) in [5.74, 6) is -1.44. The van der Waals surface area contributed by atoms with Crippen molar-refractivity contribution in [3.05, 3.63) is 12.4 Å². The molecule has 1 saturated heterocycles. The van der Waals surface area contributed by atoms with E-state index in [1.807, 2.05) is 0 Å². The first kappa shape index (κ1) is 30.8. The number of aliphatic hydroxyl groups excluding tert-OH is 1. The van der Waals surface area contributed by atoms with Crippen LogP contribution < -0.4 is 5.73 Å². The molecule has 0 amide bonds. The lowest BCUT2D eigenvalue weighted by atomic mass is 9.98. The summed E-state index contributed by atoms with van der Waals surface area (Å²) in [6, 6.07) is 0. The fourth-order valence-corrected chi connectivity index (χ4v) is 4.07. The molecule has 15 nitrogen and oxygen atoms in total. The van der Waals surface area contributed by atoms with Crippen LogP contribution in [0.1, 0.15) is 54.2 Å². The van der Waals surface area contributed by atoms with Gasteiger partial charge in [0.2, 0.25) is 13.6 Å². The van der Waals surface area contributed by atoms with Gasteiger partial charge in [-0.25, -0.2) is 18.6 Å². The number of nitrogen functional groups attached to an aromatic ring is 1. The summed E-state index contributed by atoms with van der Waals surface area (Å²) in [7, 11) is -4.50. The third-order valence-electron chi connectivity index (χ3n) is 5.36. The minimum absolute atomic E-state index is 0.0173. The van der Waals surface area contributed by atoms with E-state index in [2.05, 4.69) is 15.0 Å². The van der Waals surface area contributed by atoms with Gasteiger partial charge in [-0.1, -0.05) is 0 Å². The number of aromatic nitrogens is 4. The molecule has 1 fully saturated rings. The zero-order chi connectivity index (χ0) is 29.2. The first-order chi connectivity index (χ1) is 18.0. The van der Waals surface area contributed by atoms with Gasteiger partial charge < -0.3 is 25.1 Å². The van der Waals surface area contributed by atoms with Crippen molar-refractivity contribution in [2.24, 2.45) is 10.8 Å². The SMILES string of the molecule is CC(C)(C)C(=O)OCOP(=O)(OCOC(=O)C(C)(C)C)OC[C@H]1O[C@@H](n2cnc3c(N)nc(F)nc32)C[C@@H]1O. The van der Waals surface area contributed by atoms with E-state index in [0.717, 1.165) is 0 Å². The molecule has 0 radical (unpaired) electrons. The highest BCUT2D eigenvalue weighted by molar-refractivity contribution is 7.48. The van der Waals surface area contributed by atoms with Crippen LogP contribution >= 0.6 is 7.82 Å². The molecule has 39 heavy (non-hydrogen) atoms. The summed E-state index contributed by atoms with van der Waals surface area (Å²) in [6.07, 6.45) is -2.76. The highest BCUT2D eigenvalue weighted by Crippen LogP contribution is 2.50. The van der Waals surface area contributed by atoms with Crippen molar-refractivity contribution in [1.29, 1.82) is 0 Å². The molecule has 218 valence electrons. The molecule has 1 aliphatic heterocycles. The number of phosphoric ester groups is 1. The van der Waals surface area contributed by atoms with Gasteiger partial charge in [0.15, 0.2) is 17.0 Å². The van der Waals surface area contributed by atoms with Gasteiger partial charge in [0.1, 0.15) is 12.3 Å². The maximum absolute atomic E-state index is 13.7. The van der Waals surface area contributed by atoms with Gasteiger partial charge in [-0.2, -0.15) is 14.4 Å². The molecule has 0 bridgehead atoms. The minimum atomic E-state index is -4.50. The third-order valence-corrected chi connectivity index (χ3v) is 6.67. The van der Waals surface area contributed by atoms with E-state index in [0.29, 0.717) is 0 Å². The second-order valence-corrected chi connectivity index (χ2v) is 12.4. The smallest absolute Gasteiger partial charge is 0.437 e. The van der Waals surface area contributed by atoms with E-state index in [1.54, 1.807) is 41.5 Å². The van der Waals surface area contributed by atoms with Crippen LogP contribution in [0.3, 0.4) is 0 Å². The van der Waals surface area contributed by atoms with Crippen LogP contribution in [0.25, 0.3) is 11.2 Å². The molecule has 17 heteroatoms. The molecule has 3 atom stereocenters. The number of carbonyl (C=O) groups is 2. The van der Waals surface area contributed by atoms with E-state index in [-0.39, 0.29) is 23.4 Å². The first-order valence-corrected chi connectivity index (χ1v) is 13.3. The molecule has 3 rings (SSSR count). The van der Waals surface area contributed by atoms with Crippen molar-refractivity contribution in [3.63, 3.8) is 0 Å². The highest BCUT2D eigenvalue weighted by atomic mass is 31.2. The third kappa shape index (κ3) is 7.90. The lowest BCUT2D eigenvalue weighted by Crippen LogP contribution is -2.27. The topological polar surface area (TPSA) is 196 Å². The van der Waals surface area contributed by atoms with Crippen LogP contribution in [0.2, 0.25) is 0 Å². The number of fused-ring (bicyclic) bond motifs is 1. The fraction of sp³-hybridized carbons (Fsp3) is 0.682. The van der Waals surface area contributed by atoms with Crippen molar-refractivity contribution < 1.29 is 51.4 Å². The number of halogens is 1. The van der Waals surface area contributed by atoms with Crippen LogP contribution in [0.15, 0.2) is 6.33 Å². The number of esters is 2. The molecule has 2 aromatic heterocycles. The number of nitrogens with zero attached hydrogens (tertiary/aromatic N) is 4. The van der Waals surface area contributed by atoms with Crippen LogP contribution in [0.4, 0.5) is 10.2 Å². The number of nitrogens with two attached hydrogens (primary N) is 1. The van der Waals surface area contributed by atoms with E-state index in [9.17, 15) is 23.7 Å². The number of ether oxygens (including phenoxy) is 3. The van der Waals surface area contributed by atoms with Gasteiger partial charge in [-0.3, -0.25) is 18.7 Å². The fourth-order valence-electron chi connectivity index (χ4n) is 3.16. The normalized spacial score (nSPS) is 20.4. The van der Waals surface area contributed by atoms with Gasteiger partial charge in [0.05, 0.1) is 29.9 Å². The predicted molar refractivity (Wildman–Crippen MR) is 131 cm³/mol. The number of aliphatic hydroxyl groups is 1. The van der Waals surface area contributed by atoms with E-state index >= 15 is 0 Å². The lowest BCUT2D eigenvalue weighted by molar-refractivity contribution is -0.163. The van der Waals surface area contributed by atoms with Crippen molar-refractivity contribution >= 4 is 36.7 Å². The Hall–Kier alpha value is -2.75. The summed E-state index contributed by atoms with van der Waals surface area (Å²) in [4.78, 5) is 35.2. The summed E-state index contributed by atoms with van der Waals surface area (Å²) in [5, 5.41) is 10.5. The average Bonchev–Trinajstić information content (AvgIpc) is 3.39. The second kappa shape index (κ2) is 11.8. The van der Waals surface area contributed by atoms with Crippen LogP contribution in [-0.4, -0.2) is 69.0 Å². The molecule has 3 heterocycles.